The number of phenolic OH excluding ortho intramolecular Hbond substituents is 1. The van der Waals surface area contributed by atoms with Crippen LogP contribution in [0, 0.1) is 0 Å². The zero-order chi connectivity index (χ0) is 10.4. The van der Waals surface area contributed by atoms with Crippen molar-refractivity contribution in [3.8, 4) is 5.75 Å². The van der Waals surface area contributed by atoms with Gasteiger partial charge in [-0.2, -0.15) is 0 Å². The van der Waals surface area contributed by atoms with E-state index in [4.69, 9.17) is 5.11 Å². The fraction of sp³-hybridized carbons (Fsp3) is 0. The van der Waals surface area contributed by atoms with Crippen LogP contribution in [0.1, 0.15) is 0 Å². The summed E-state index contributed by atoms with van der Waals surface area (Å²) in [4.78, 5) is 20.1. The van der Waals surface area contributed by atoms with Gasteiger partial charge in [0.25, 0.3) is 11.8 Å². The summed E-state index contributed by atoms with van der Waals surface area (Å²) in [6, 6.07) is 8.71. The smallest absolute Gasteiger partial charge is 0.250 e. The molecule has 0 aliphatic carbocycles. The van der Waals surface area contributed by atoms with E-state index in [2.05, 4.69) is 0 Å². The highest BCUT2D eigenvalue weighted by molar-refractivity contribution is 6.12. The molecule has 0 atom stereocenters. The van der Waals surface area contributed by atoms with E-state index in [0.717, 1.165) is 0 Å². The minimum atomic E-state index is -0.329. The van der Waals surface area contributed by atoms with Crippen molar-refractivity contribution in [2.45, 2.75) is 0 Å². The first-order chi connectivity index (χ1) is 6.68. The lowest BCUT2D eigenvalue weighted by molar-refractivity contribution is -0.123. The molecule has 1 aromatic rings. The van der Waals surface area contributed by atoms with Crippen molar-refractivity contribution >= 4 is 11.8 Å². The summed E-state index contributed by atoms with van der Waals surface area (Å²) in [6.07, 6.45) is 2.39. The number of imide groups is 1. The van der Waals surface area contributed by atoms with Crippen molar-refractivity contribution in [3.63, 3.8) is 0 Å². The number of carbonyl (C=O) groups excluding carboxylic acids is 2. The lowest BCUT2D eigenvalue weighted by Crippen LogP contribution is -2.19. The summed E-state index contributed by atoms with van der Waals surface area (Å²) < 4.78 is 0. The number of nitrogens with one attached hydrogen (secondary N) is 1. The molecule has 0 spiro atoms. The third-order valence-electron chi connectivity index (χ3n) is 1.39. The third kappa shape index (κ3) is 3.53. The molecule has 0 aromatic heterocycles. The summed E-state index contributed by atoms with van der Waals surface area (Å²) in [6.45, 7) is 0. The second-order valence-electron chi connectivity index (χ2n) is 2.52. The molecule has 0 fully saturated rings. The summed E-state index contributed by atoms with van der Waals surface area (Å²) >= 11 is 0. The maximum Gasteiger partial charge on any atom is 0.250 e. The van der Waals surface area contributed by atoms with Gasteiger partial charge < -0.3 is 5.11 Å². The molecule has 4 nitrogen and oxygen atoms in total. The Morgan fingerprint density at radius 1 is 0.929 bits per heavy atom. The Kier molecular flexibility index (Phi) is 3.43. The first-order valence-electron chi connectivity index (χ1n) is 3.95. The number of carbonyl (C=O) groups is 2. The van der Waals surface area contributed by atoms with Crippen LogP contribution in [0.25, 0.3) is 0 Å². The van der Waals surface area contributed by atoms with Crippen molar-refractivity contribution in [1.82, 2.24) is 5.32 Å². The predicted octanol–water partition coefficient (Wildman–Crippen LogP) is 0.591. The first kappa shape index (κ1) is 9.98. The van der Waals surface area contributed by atoms with Crippen LogP contribution in [-0.2, 0) is 9.59 Å². The Hall–Kier alpha value is -2.10. The Balaban J connectivity index is 0.000000140. The van der Waals surface area contributed by atoms with E-state index in [1.807, 2.05) is 11.4 Å². The van der Waals surface area contributed by atoms with Gasteiger partial charge in [-0.15, -0.1) is 0 Å². The van der Waals surface area contributed by atoms with Gasteiger partial charge in [0, 0.05) is 12.2 Å². The molecule has 1 aromatic carbocycles. The molecule has 14 heavy (non-hydrogen) atoms. The molecule has 2 rings (SSSR count). The summed E-state index contributed by atoms with van der Waals surface area (Å²) in [7, 11) is 0. The molecule has 0 unspecified atom stereocenters. The SMILES string of the molecule is O=C1C=CC(=O)N1.Oc1ccccc1. The predicted molar refractivity (Wildman–Crippen MR) is 50.4 cm³/mol. The van der Waals surface area contributed by atoms with Gasteiger partial charge in [0.05, 0.1) is 0 Å². The lowest BCUT2D eigenvalue weighted by Gasteiger charge is -1.82. The molecular formula is C10H9NO3. The minimum Gasteiger partial charge on any atom is -0.508 e. The largest absolute Gasteiger partial charge is 0.508 e. The van der Waals surface area contributed by atoms with E-state index in [1.165, 1.54) is 12.2 Å². The number of amides is 2. The molecule has 2 amide bonds. The Morgan fingerprint density at radius 2 is 1.43 bits per heavy atom. The Bertz CT molecular complexity index is 341. The van der Waals surface area contributed by atoms with Crippen LogP contribution in [-0.4, -0.2) is 16.9 Å². The highest BCUT2D eigenvalue weighted by Gasteiger charge is 2.06. The van der Waals surface area contributed by atoms with Crippen molar-refractivity contribution in [3.05, 3.63) is 42.5 Å². The van der Waals surface area contributed by atoms with Gasteiger partial charge in [0.1, 0.15) is 5.75 Å². The molecule has 4 heteroatoms. The Morgan fingerprint density at radius 3 is 1.64 bits per heavy atom. The molecule has 0 radical (unpaired) electrons. The number of rotatable bonds is 0. The number of aromatic hydroxyl groups is 1. The molecule has 1 aliphatic rings. The van der Waals surface area contributed by atoms with Gasteiger partial charge in [-0.25, -0.2) is 0 Å². The second-order valence-corrected chi connectivity index (χ2v) is 2.52. The van der Waals surface area contributed by atoms with Crippen LogP contribution in [0.5, 0.6) is 5.75 Å². The number of benzene rings is 1. The zero-order valence-electron chi connectivity index (χ0n) is 7.31. The summed E-state index contributed by atoms with van der Waals surface area (Å²) in [5.74, 6) is -0.336. The monoisotopic (exact) mass is 191 g/mol. The highest BCUT2D eigenvalue weighted by Crippen LogP contribution is 2.02. The summed E-state index contributed by atoms with van der Waals surface area (Å²) in [5.41, 5.74) is 0. The average molecular weight is 191 g/mol. The topological polar surface area (TPSA) is 66.4 Å². The number of hydrogen-bond acceptors (Lipinski definition) is 3. The standard InChI is InChI=1S/C6H6O.C4H3NO2/c7-6-4-2-1-3-5-6;6-3-1-2-4(7)5-3/h1-5,7H;1-2H,(H,5,6,7). The van der Waals surface area contributed by atoms with Crippen molar-refractivity contribution < 1.29 is 14.7 Å². The van der Waals surface area contributed by atoms with Gasteiger partial charge in [0.2, 0.25) is 0 Å². The van der Waals surface area contributed by atoms with Crippen LogP contribution >= 0.6 is 0 Å². The number of phenols is 1. The molecule has 0 saturated carbocycles. The van der Waals surface area contributed by atoms with E-state index in [1.54, 1.807) is 24.3 Å². The maximum atomic E-state index is 10.0. The molecule has 0 saturated heterocycles. The van der Waals surface area contributed by atoms with E-state index in [-0.39, 0.29) is 11.8 Å². The van der Waals surface area contributed by atoms with Crippen LogP contribution in [0.15, 0.2) is 42.5 Å². The fourth-order valence-corrected chi connectivity index (χ4v) is 0.784. The molecule has 72 valence electrons. The number of hydrogen-bond donors (Lipinski definition) is 2. The quantitative estimate of drug-likeness (QED) is 0.590. The molecule has 0 bridgehead atoms. The van der Waals surface area contributed by atoms with E-state index in [9.17, 15) is 9.59 Å². The molecule has 2 N–H and O–H groups in total. The lowest BCUT2D eigenvalue weighted by atomic mass is 10.3. The first-order valence-corrected chi connectivity index (χ1v) is 3.95. The van der Waals surface area contributed by atoms with E-state index >= 15 is 0 Å². The number of para-hydroxylation sites is 1. The minimum absolute atomic E-state index is 0.322. The van der Waals surface area contributed by atoms with Crippen LogP contribution in [0.2, 0.25) is 0 Å². The van der Waals surface area contributed by atoms with Gasteiger partial charge >= 0.3 is 0 Å². The van der Waals surface area contributed by atoms with Crippen LogP contribution < -0.4 is 5.32 Å². The second kappa shape index (κ2) is 4.81. The Labute approximate surface area is 80.9 Å². The van der Waals surface area contributed by atoms with Crippen molar-refractivity contribution in [2.75, 3.05) is 0 Å². The maximum absolute atomic E-state index is 10.0. The van der Waals surface area contributed by atoms with E-state index < -0.39 is 0 Å². The third-order valence-corrected chi connectivity index (χ3v) is 1.39. The molecule has 1 heterocycles. The zero-order valence-corrected chi connectivity index (χ0v) is 7.31. The normalized spacial score (nSPS) is 13.1. The van der Waals surface area contributed by atoms with Crippen molar-refractivity contribution in [1.29, 1.82) is 0 Å². The van der Waals surface area contributed by atoms with E-state index in [0.29, 0.717) is 5.75 Å². The fourth-order valence-electron chi connectivity index (χ4n) is 0.784. The van der Waals surface area contributed by atoms with Crippen LogP contribution in [0.3, 0.4) is 0 Å². The summed E-state index contributed by atoms with van der Waals surface area (Å²) in [5, 5.41) is 10.7. The van der Waals surface area contributed by atoms with Crippen molar-refractivity contribution in [2.24, 2.45) is 0 Å². The average Bonchev–Trinajstić information content (AvgIpc) is 2.52. The van der Waals surface area contributed by atoms with Gasteiger partial charge in [-0.3, -0.25) is 14.9 Å². The highest BCUT2D eigenvalue weighted by atomic mass is 16.3. The van der Waals surface area contributed by atoms with Crippen LogP contribution in [0.4, 0.5) is 0 Å². The molecule has 1 aliphatic heterocycles. The molecular weight excluding hydrogens is 182 g/mol. The van der Waals surface area contributed by atoms with Gasteiger partial charge in [-0.1, -0.05) is 18.2 Å². The van der Waals surface area contributed by atoms with Gasteiger partial charge in [-0.05, 0) is 12.1 Å². The van der Waals surface area contributed by atoms with Gasteiger partial charge in [0.15, 0.2) is 0 Å².